The van der Waals surface area contributed by atoms with Crippen molar-refractivity contribution in [2.24, 2.45) is 0 Å². The van der Waals surface area contributed by atoms with Gasteiger partial charge in [0.2, 0.25) is 0 Å². The monoisotopic (exact) mass is 272 g/mol. The molecule has 3 heteroatoms. The smallest absolute Gasteiger partial charge is 0.0484 e. The standard InChI is InChI=1S/C17H24N2O/c1-3-11-20-12-9-17(19-4-2)16-7-5-6-14-13-18-10-8-15(14)16/h5-8,10,13,17,19H,3-4,9,11-12H2,1-2H3. The van der Waals surface area contributed by atoms with Gasteiger partial charge in [-0.15, -0.1) is 0 Å². The molecular formula is C17H24N2O. The van der Waals surface area contributed by atoms with E-state index in [0.717, 1.165) is 32.6 Å². The zero-order chi connectivity index (χ0) is 14.2. The van der Waals surface area contributed by atoms with Crippen LogP contribution in [0.3, 0.4) is 0 Å². The highest BCUT2D eigenvalue weighted by molar-refractivity contribution is 5.85. The fourth-order valence-corrected chi connectivity index (χ4v) is 2.51. The van der Waals surface area contributed by atoms with E-state index in [2.05, 4.69) is 48.4 Å². The van der Waals surface area contributed by atoms with Crippen LogP contribution in [0.2, 0.25) is 0 Å². The molecule has 0 saturated carbocycles. The number of rotatable bonds is 8. The van der Waals surface area contributed by atoms with E-state index < -0.39 is 0 Å². The number of hydrogen-bond donors (Lipinski definition) is 1. The van der Waals surface area contributed by atoms with Gasteiger partial charge in [-0.25, -0.2) is 0 Å². The molecule has 1 atom stereocenters. The van der Waals surface area contributed by atoms with Gasteiger partial charge in [-0.1, -0.05) is 32.0 Å². The summed E-state index contributed by atoms with van der Waals surface area (Å²) in [5.74, 6) is 0. The van der Waals surface area contributed by atoms with Gasteiger partial charge in [-0.3, -0.25) is 4.98 Å². The molecule has 0 aliphatic heterocycles. The Morgan fingerprint density at radius 2 is 2.10 bits per heavy atom. The molecule has 0 spiro atoms. The lowest BCUT2D eigenvalue weighted by molar-refractivity contribution is 0.125. The third kappa shape index (κ3) is 3.78. The highest BCUT2D eigenvalue weighted by Gasteiger charge is 2.13. The van der Waals surface area contributed by atoms with Gasteiger partial charge in [0.1, 0.15) is 0 Å². The van der Waals surface area contributed by atoms with Crippen LogP contribution in [0.1, 0.15) is 38.3 Å². The Kier molecular flexibility index (Phi) is 5.96. The summed E-state index contributed by atoms with van der Waals surface area (Å²) in [6, 6.07) is 8.86. The second kappa shape index (κ2) is 7.98. The van der Waals surface area contributed by atoms with Crippen molar-refractivity contribution in [3.8, 4) is 0 Å². The molecule has 1 aromatic heterocycles. The van der Waals surface area contributed by atoms with Crippen molar-refractivity contribution in [3.05, 3.63) is 42.2 Å². The quantitative estimate of drug-likeness (QED) is 0.744. The molecule has 1 unspecified atom stereocenters. The fraction of sp³-hybridized carbons (Fsp3) is 0.471. The van der Waals surface area contributed by atoms with Gasteiger partial charge < -0.3 is 10.1 Å². The maximum absolute atomic E-state index is 5.64. The van der Waals surface area contributed by atoms with E-state index in [9.17, 15) is 0 Å². The van der Waals surface area contributed by atoms with Crippen molar-refractivity contribution in [2.45, 2.75) is 32.7 Å². The second-order valence-electron chi connectivity index (χ2n) is 4.96. The highest BCUT2D eigenvalue weighted by Crippen LogP contribution is 2.25. The fourth-order valence-electron chi connectivity index (χ4n) is 2.51. The minimum atomic E-state index is 0.336. The molecule has 0 amide bonds. The number of nitrogens with zero attached hydrogens (tertiary/aromatic N) is 1. The number of pyridine rings is 1. The lowest BCUT2D eigenvalue weighted by Gasteiger charge is -2.20. The summed E-state index contributed by atoms with van der Waals surface area (Å²) in [5, 5.41) is 6.05. The van der Waals surface area contributed by atoms with Crippen LogP contribution < -0.4 is 5.32 Å². The Balaban J connectivity index is 2.18. The van der Waals surface area contributed by atoms with E-state index >= 15 is 0 Å². The summed E-state index contributed by atoms with van der Waals surface area (Å²) in [7, 11) is 0. The minimum absolute atomic E-state index is 0.336. The molecule has 0 saturated heterocycles. The number of fused-ring (bicyclic) bond motifs is 1. The normalized spacial score (nSPS) is 12.7. The molecule has 3 nitrogen and oxygen atoms in total. The van der Waals surface area contributed by atoms with Crippen LogP contribution in [0, 0.1) is 0 Å². The van der Waals surface area contributed by atoms with Gasteiger partial charge in [0.25, 0.3) is 0 Å². The van der Waals surface area contributed by atoms with Crippen LogP contribution >= 0.6 is 0 Å². The Bertz CT molecular complexity index is 522. The molecular weight excluding hydrogens is 248 g/mol. The van der Waals surface area contributed by atoms with E-state index in [4.69, 9.17) is 4.74 Å². The summed E-state index contributed by atoms with van der Waals surface area (Å²) < 4.78 is 5.64. The third-order valence-corrected chi connectivity index (χ3v) is 3.44. The van der Waals surface area contributed by atoms with Gasteiger partial charge in [0, 0.05) is 37.0 Å². The predicted molar refractivity (Wildman–Crippen MR) is 83.9 cm³/mol. The summed E-state index contributed by atoms with van der Waals surface area (Å²) >= 11 is 0. The molecule has 1 aromatic carbocycles. The van der Waals surface area contributed by atoms with Crippen LogP contribution in [0.4, 0.5) is 0 Å². The molecule has 0 bridgehead atoms. The molecule has 2 rings (SSSR count). The number of benzene rings is 1. The topological polar surface area (TPSA) is 34.1 Å². The molecule has 0 aliphatic rings. The van der Waals surface area contributed by atoms with Crippen molar-refractivity contribution in [1.29, 1.82) is 0 Å². The minimum Gasteiger partial charge on any atom is -0.381 e. The summed E-state index contributed by atoms with van der Waals surface area (Å²) in [6.45, 7) is 6.89. The average Bonchev–Trinajstić information content (AvgIpc) is 2.50. The average molecular weight is 272 g/mol. The Morgan fingerprint density at radius 3 is 2.90 bits per heavy atom. The summed E-state index contributed by atoms with van der Waals surface area (Å²) in [5.41, 5.74) is 1.34. The van der Waals surface area contributed by atoms with E-state index in [-0.39, 0.29) is 0 Å². The highest BCUT2D eigenvalue weighted by atomic mass is 16.5. The molecule has 1 N–H and O–H groups in total. The van der Waals surface area contributed by atoms with Crippen LogP contribution in [0.15, 0.2) is 36.7 Å². The Morgan fingerprint density at radius 1 is 1.20 bits per heavy atom. The number of hydrogen-bond acceptors (Lipinski definition) is 3. The van der Waals surface area contributed by atoms with Crippen LogP contribution in [0.5, 0.6) is 0 Å². The van der Waals surface area contributed by atoms with Crippen molar-refractivity contribution in [1.82, 2.24) is 10.3 Å². The number of aromatic nitrogens is 1. The van der Waals surface area contributed by atoms with Crippen LogP contribution in [-0.2, 0) is 4.74 Å². The van der Waals surface area contributed by atoms with Crippen molar-refractivity contribution >= 4 is 10.8 Å². The van der Waals surface area contributed by atoms with Crippen LogP contribution in [0.25, 0.3) is 10.8 Å². The van der Waals surface area contributed by atoms with Gasteiger partial charge in [0.05, 0.1) is 0 Å². The van der Waals surface area contributed by atoms with Gasteiger partial charge in [0.15, 0.2) is 0 Å². The van der Waals surface area contributed by atoms with Crippen molar-refractivity contribution in [3.63, 3.8) is 0 Å². The van der Waals surface area contributed by atoms with Crippen molar-refractivity contribution in [2.75, 3.05) is 19.8 Å². The molecule has 108 valence electrons. The molecule has 0 aliphatic carbocycles. The first kappa shape index (κ1) is 14.9. The first-order chi connectivity index (χ1) is 9.86. The van der Waals surface area contributed by atoms with E-state index in [0.29, 0.717) is 6.04 Å². The van der Waals surface area contributed by atoms with E-state index in [1.807, 2.05) is 12.4 Å². The first-order valence-electron chi connectivity index (χ1n) is 7.50. The molecule has 1 heterocycles. The summed E-state index contributed by atoms with van der Waals surface area (Å²) in [4.78, 5) is 4.20. The van der Waals surface area contributed by atoms with Gasteiger partial charge >= 0.3 is 0 Å². The lowest BCUT2D eigenvalue weighted by atomic mass is 9.98. The second-order valence-corrected chi connectivity index (χ2v) is 4.96. The number of ether oxygens (including phenoxy) is 1. The molecule has 20 heavy (non-hydrogen) atoms. The van der Waals surface area contributed by atoms with Crippen molar-refractivity contribution < 1.29 is 4.74 Å². The Hall–Kier alpha value is -1.45. The zero-order valence-electron chi connectivity index (χ0n) is 12.4. The first-order valence-corrected chi connectivity index (χ1v) is 7.50. The largest absolute Gasteiger partial charge is 0.381 e. The molecule has 2 aromatic rings. The van der Waals surface area contributed by atoms with E-state index in [1.165, 1.54) is 16.3 Å². The zero-order valence-corrected chi connectivity index (χ0v) is 12.4. The third-order valence-electron chi connectivity index (χ3n) is 3.44. The predicted octanol–water partition coefficient (Wildman–Crippen LogP) is 3.70. The van der Waals surface area contributed by atoms with Gasteiger partial charge in [-0.05, 0) is 36.4 Å². The van der Waals surface area contributed by atoms with Crippen LogP contribution in [-0.4, -0.2) is 24.7 Å². The number of nitrogens with one attached hydrogen (secondary N) is 1. The van der Waals surface area contributed by atoms with E-state index in [1.54, 1.807) is 0 Å². The SMILES string of the molecule is CCCOCCC(NCC)c1cccc2cnccc12. The lowest BCUT2D eigenvalue weighted by Crippen LogP contribution is -2.22. The maximum Gasteiger partial charge on any atom is 0.0484 e. The molecule has 0 radical (unpaired) electrons. The molecule has 0 fully saturated rings. The maximum atomic E-state index is 5.64. The van der Waals surface area contributed by atoms with Gasteiger partial charge in [-0.2, -0.15) is 0 Å². The summed E-state index contributed by atoms with van der Waals surface area (Å²) in [6.07, 6.45) is 5.86. The Labute approximate surface area is 121 Å².